The van der Waals surface area contributed by atoms with Crippen LogP contribution in [-0.2, 0) is 0 Å². The minimum atomic E-state index is -1.02. The summed E-state index contributed by atoms with van der Waals surface area (Å²) in [5.41, 5.74) is 2.43. The number of nitrogens with zero attached hydrogens (tertiary/aromatic N) is 1. The van der Waals surface area contributed by atoms with Crippen LogP contribution in [0.1, 0.15) is 15.9 Å². The fourth-order valence-corrected chi connectivity index (χ4v) is 2.37. The maximum atomic E-state index is 14.3. The van der Waals surface area contributed by atoms with Crippen molar-refractivity contribution in [1.82, 2.24) is 4.98 Å². The van der Waals surface area contributed by atoms with Gasteiger partial charge in [-0.1, -0.05) is 18.2 Å². The van der Waals surface area contributed by atoms with Crippen molar-refractivity contribution in [2.75, 3.05) is 0 Å². The van der Waals surface area contributed by atoms with Crippen LogP contribution in [0, 0.1) is 12.7 Å². The molecule has 0 atom stereocenters. The highest BCUT2D eigenvalue weighted by Crippen LogP contribution is 2.31. The molecule has 0 amide bonds. The Balaban J connectivity index is 2.34. The van der Waals surface area contributed by atoms with Gasteiger partial charge in [0.1, 0.15) is 5.82 Å². The first kappa shape index (κ1) is 13.2. The van der Waals surface area contributed by atoms with Gasteiger partial charge >= 0.3 is 5.97 Å². The van der Waals surface area contributed by atoms with E-state index in [4.69, 9.17) is 5.11 Å². The molecule has 1 heterocycles. The largest absolute Gasteiger partial charge is 0.478 e. The van der Waals surface area contributed by atoms with E-state index in [0.29, 0.717) is 27.6 Å². The Morgan fingerprint density at radius 1 is 1.14 bits per heavy atom. The second-order valence-electron chi connectivity index (χ2n) is 4.83. The van der Waals surface area contributed by atoms with Gasteiger partial charge in [-0.05, 0) is 42.3 Å². The number of aromatic nitrogens is 1. The van der Waals surface area contributed by atoms with E-state index in [1.807, 2.05) is 0 Å². The molecule has 3 aromatic rings. The van der Waals surface area contributed by atoms with E-state index in [-0.39, 0.29) is 11.4 Å². The normalized spacial score (nSPS) is 10.8. The molecule has 3 rings (SSSR count). The summed E-state index contributed by atoms with van der Waals surface area (Å²) in [6, 6.07) is 11.5. The van der Waals surface area contributed by atoms with Crippen molar-refractivity contribution in [2.45, 2.75) is 6.92 Å². The number of carbonyl (C=O) groups is 1. The van der Waals surface area contributed by atoms with E-state index in [2.05, 4.69) is 4.98 Å². The van der Waals surface area contributed by atoms with E-state index in [1.165, 1.54) is 12.1 Å². The second kappa shape index (κ2) is 4.98. The Hall–Kier alpha value is -2.75. The molecule has 0 unspecified atom stereocenters. The lowest BCUT2D eigenvalue weighted by Gasteiger charge is -2.09. The summed E-state index contributed by atoms with van der Waals surface area (Å²) in [5, 5.41) is 9.74. The smallest absolute Gasteiger partial charge is 0.335 e. The Kier molecular flexibility index (Phi) is 3.14. The average molecular weight is 281 g/mol. The van der Waals surface area contributed by atoms with Gasteiger partial charge in [0, 0.05) is 17.1 Å². The molecular formula is C17H12FNO2. The summed E-state index contributed by atoms with van der Waals surface area (Å²) in [5.74, 6) is -1.32. The molecule has 0 aliphatic rings. The van der Waals surface area contributed by atoms with Crippen LogP contribution >= 0.6 is 0 Å². The third-order valence-corrected chi connectivity index (χ3v) is 3.47. The van der Waals surface area contributed by atoms with Crippen molar-refractivity contribution in [3.63, 3.8) is 0 Å². The van der Waals surface area contributed by atoms with Crippen LogP contribution < -0.4 is 0 Å². The number of hydrogen-bond acceptors (Lipinski definition) is 2. The fraction of sp³-hybridized carbons (Fsp3) is 0.0588. The molecule has 2 aromatic carbocycles. The van der Waals surface area contributed by atoms with E-state index in [0.717, 1.165) is 0 Å². The molecule has 0 fully saturated rings. The van der Waals surface area contributed by atoms with Crippen molar-refractivity contribution in [3.8, 4) is 11.1 Å². The first-order valence-electron chi connectivity index (χ1n) is 6.45. The fourth-order valence-electron chi connectivity index (χ4n) is 2.37. The molecule has 1 aromatic heterocycles. The van der Waals surface area contributed by atoms with Crippen molar-refractivity contribution < 1.29 is 14.3 Å². The number of hydrogen-bond donors (Lipinski definition) is 1. The maximum absolute atomic E-state index is 14.3. The Morgan fingerprint density at radius 2 is 1.95 bits per heavy atom. The SMILES string of the molecule is Cc1cccc(-c2ccnc3ccc(C(=O)O)cc23)c1F. The number of pyridine rings is 1. The molecule has 1 N–H and O–H groups in total. The van der Waals surface area contributed by atoms with Gasteiger partial charge in [-0.15, -0.1) is 0 Å². The topological polar surface area (TPSA) is 50.2 Å². The van der Waals surface area contributed by atoms with Gasteiger partial charge in [-0.2, -0.15) is 0 Å². The van der Waals surface area contributed by atoms with Gasteiger partial charge in [0.2, 0.25) is 0 Å². The second-order valence-corrected chi connectivity index (χ2v) is 4.83. The molecular weight excluding hydrogens is 269 g/mol. The Labute approximate surface area is 120 Å². The zero-order chi connectivity index (χ0) is 15.0. The van der Waals surface area contributed by atoms with Gasteiger partial charge < -0.3 is 5.11 Å². The van der Waals surface area contributed by atoms with Crippen LogP contribution in [0.5, 0.6) is 0 Å². The van der Waals surface area contributed by atoms with Crippen LogP contribution in [0.25, 0.3) is 22.0 Å². The van der Waals surface area contributed by atoms with Crippen LogP contribution in [0.3, 0.4) is 0 Å². The number of rotatable bonds is 2. The van der Waals surface area contributed by atoms with Gasteiger partial charge in [-0.25, -0.2) is 9.18 Å². The number of aromatic carboxylic acids is 1. The quantitative estimate of drug-likeness (QED) is 0.771. The van der Waals surface area contributed by atoms with Crippen molar-refractivity contribution in [3.05, 3.63) is 65.6 Å². The standard InChI is InChI=1S/C17H12FNO2/c1-10-3-2-4-13(16(10)18)12-7-8-19-15-6-5-11(17(20)21)9-14(12)15/h2-9H,1H3,(H,20,21). The Bertz CT molecular complexity index is 859. The van der Waals surface area contributed by atoms with Crippen LogP contribution in [0.2, 0.25) is 0 Å². The molecule has 0 spiro atoms. The summed E-state index contributed by atoms with van der Waals surface area (Å²) in [6.07, 6.45) is 1.60. The van der Waals surface area contributed by atoms with Gasteiger partial charge in [0.05, 0.1) is 11.1 Å². The minimum Gasteiger partial charge on any atom is -0.478 e. The summed E-state index contributed by atoms with van der Waals surface area (Å²) < 4.78 is 14.3. The van der Waals surface area contributed by atoms with Crippen LogP contribution in [0.4, 0.5) is 4.39 Å². The van der Waals surface area contributed by atoms with E-state index < -0.39 is 5.97 Å². The van der Waals surface area contributed by atoms with Crippen LogP contribution in [-0.4, -0.2) is 16.1 Å². The average Bonchev–Trinajstić information content (AvgIpc) is 2.49. The minimum absolute atomic E-state index is 0.157. The molecule has 0 aliphatic heterocycles. The number of carboxylic acid groups (broad SMARTS) is 1. The number of fused-ring (bicyclic) bond motifs is 1. The zero-order valence-electron chi connectivity index (χ0n) is 11.3. The molecule has 0 saturated carbocycles. The molecule has 4 heteroatoms. The van der Waals surface area contributed by atoms with E-state index in [9.17, 15) is 9.18 Å². The number of carboxylic acids is 1. The first-order chi connectivity index (χ1) is 10.1. The number of aryl methyl sites for hydroxylation is 1. The lowest BCUT2D eigenvalue weighted by atomic mass is 9.98. The third-order valence-electron chi connectivity index (χ3n) is 3.47. The van der Waals surface area contributed by atoms with Crippen molar-refractivity contribution in [1.29, 1.82) is 0 Å². The highest BCUT2D eigenvalue weighted by molar-refractivity contribution is 5.99. The first-order valence-corrected chi connectivity index (χ1v) is 6.45. The van der Waals surface area contributed by atoms with Gasteiger partial charge in [-0.3, -0.25) is 4.98 Å². The lowest BCUT2D eigenvalue weighted by Crippen LogP contribution is -1.97. The summed E-state index contributed by atoms with van der Waals surface area (Å²) >= 11 is 0. The maximum Gasteiger partial charge on any atom is 0.335 e. The highest BCUT2D eigenvalue weighted by Gasteiger charge is 2.12. The molecule has 104 valence electrons. The number of halogens is 1. The van der Waals surface area contributed by atoms with Gasteiger partial charge in [0.15, 0.2) is 0 Å². The molecule has 0 aliphatic carbocycles. The molecule has 3 nitrogen and oxygen atoms in total. The van der Waals surface area contributed by atoms with E-state index in [1.54, 1.807) is 43.5 Å². The molecule has 0 radical (unpaired) electrons. The highest BCUT2D eigenvalue weighted by atomic mass is 19.1. The summed E-state index contributed by atoms with van der Waals surface area (Å²) in [6.45, 7) is 1.70. The monoisotopic (exact) mass is 281 g/mol. The van der Waals surface area contributed by atoms with Crippen molar-refractivity contribution >= 4 is 16.9 Å². The number of benzene rings is 2. The van der Waals surface area contributed by atoms with Crippen molar-refractivity contribution in [2.24, 2.45) is 0 Å². The van der Waals surface area contributed by atoms with Crippen LogP contribution in [0.15, 0.2) is 48.7 Å². The third kappa shape index (κ3) is 2.25. The van der Waals surface area contributed by atoms with E-state index >= 15 is 0 Å². The Morgan fingerprint density at radius 3 is 2.71 bits per heavy atom. The zero-order valence-corrected chi connectivity index (χ0v) is 11.3. The molecule has 21 heavy (non-hydrogen) atoms. The summed E-state index contributed by atoms with van der Waals surface area (Å²) in [4.78, 5) is 15.3. The predicted octanol–water partition coefficient (Wildman–Crippen LogP) is 4.05. The molecule has 0 saturated heterocycles. The predicted molar refractivity (Wildman–Crippen MR) is 78.8 cm³/mol. The van der Waals surface area contributed by atoms with Gasteiger partial charge in [0.25, 0.3) is 0 Å². The molecule has 0 bridgehead atoms. The lowest BCUT2D eigenvalue weighted by molar-refractivity contribution is 0.0697. The summed E-state index contributed by atoms with van der Waals surface area (Å²) in [7, 11) is 0.